The Kier molecular flexibility index (Phi) is 2.44. The Balaban J connectivity index is 2.67. The van der Waals surface area contributed by atoms with Gasteiger partial charge in [-0.15, -0.1) is 0 Å². The van der Waals surface area contributed by atoms with E-state index in [9.17, 15) is 4.79 Å². The van der Waals surface area contributed by atoms with Crippen molar-refractivity contribution < 1.29 is 14.3 Å². The second-order valence-corrected chi connectivity index (χ2v) is 3.32. The molecule has 0 saturated carbocycles. The third-order valence-corrected chi connectivity index (χ3v) is 2.45. The summed E-state index contributed by atoms with van der Waals surface area (Å²) < 4.78 is 11.1. The molecule has 0 fully saturated rings. The minimum absolute atomic E-state index is 0.403. The molecule has 1 heterocycles. The molecule has 0 saturated heterocycles. The molecule has 1 aromatic carbocycles. The second kappa shape index (κ2) is 3.77. The predicted molar refractivity (Wildman–Crippen MR) is 60.0 cm³/mol. The van der Waals surface area contributed by atoms with Crippen LogP contribution in [0.2, 0.25) is 0 Å². The highest BCUT2D eigenvalue weighted by Gasteiger charge is 2.14. The first-order chi connectivity index (χ1) is 7.67. The zero-order valence-corrected chi connectivity index (χ0v) is 9.06. The van der Waals surface area contributed by atoms with Crippen LogP contribution in [0.3, 0.4) is 0 Å². The summed E-state index contributed by atoms with van der Waals surface area (Å²) in [6, 6.07) is 5.32. The van der Waals surface area contributed by atoms with Crippen molar-refractivity contribution in [1.82, 2.24) is 4.68 Å². The third kappa shape index (κ3) is 1.46. The van der Waals surface area contributed by atoms with E-state index in [0.717, 1.165) is 10.9 Å². The summed E-state index contributed by atoms with van der Waals surface area (Å²) in [6.45, 7) is 0. The zero-order chi connectivity index (χ0) is 11.7. The Morgan fingerprint density at radius 1 is 1.38 bits per heavy atom. The lowest BCUT2D eigenvalue weighted by molar-refractivity contribution is 0.0603. The molecule has 0 aliphatic rings. The lowest BCUT2D eigenvalue weighted by Crippen LogP contribution is -2.06. The van der Waals surface area contributed by atoms with E-state index in [1.54, 1.807) is 25.3 Å². The average molecular weight is 220 g/mol. The number of nitrogens with zero attached hydrogens (tertiary/aromatic N) is 1. The number of fused-ring (bicyclic) bond motifs is 1. The first kappa shape index (κ1) is 10.4. The number of benzene rings is 1. The predicted octanol–water partition coefficient (Wildman–Crippen LogP) is 1.15. The highest BCUT2D eigenvalue weighted by atomic mass is 16.5. The van der Waals surface area contributed by atoms with Gasteiger partial charge in [-0.3, -0.25) is 4.68 Å². The van der Waals surface area contributed by atoms with Gasteiger partial charge in [-0.05, 0) is 12.1 Å². The molecule has 5 heteroatoms. The van der Waals surface area contributed by atoms with Gasteiger partial charge in [-0.1, -0.05) is 0 Å². The Labute approximate surface area is 92.3 Å². The monoisotopic (exact) mass is 220 g/mol. The van der Waals surface area contributed by atoms with Crippen molar-refractivity contribution in [1.29, 1.82) is 0 Å². The number of methoxy groups -OCH3 is 2. The van der Waals surface area contributed by atoms with Gasteiger partial charge in [-0.25, -0.2) is 4.79 Å². The topological polar surface area (TPSA) is 66.5 Å². The van der Waals surface area contributed by atoms with Crippen molar-refractivity contribution in [3.63, 3.8) is 0 Å². The summed E-state index contributed by atoms with van der Waals surface area (Å²) in [7, 11) is 2.91. The van der Waals surface area contributed by atoms with Gasteiger partial charge < -0.3 is 15.3 Å². The SMILES string of the molecule is COC(=O)c1cn(N)c2cc(OC)ccc12. The van der Waals surface area contributed by atoms with Gasteiger partial charge in [0.15, 0.2) is 0 Å². The van der Waals surface area contributed by atoms with Crippen molar-refractivity contribution >= 4 is 16.9 Å². The minimum Gasteiger partial charge on any atom is -0.497 e. The van der Waals surface area contributed by atoms with Crippen molar-refractivity contribution in [2.45, 2.75) is 0 Å². The Bertz CT molecular complexity index is 545. The van der Waals surface area contributed by atoms with Crippen molar-refractivity contribution in [3.05, 3.63) is 30.0 Å². The lowest BCUT2D eigenvalue weighted by Gasteiger charge is -2.01. The van der Waals surface area contributed by atoms with Crippen LogP contribution in [0.5, 0.6) is 5.75 Å². The fourth-order valence-electron chi connectivity index (χ4n) is 1.63. The standard InChI is InChI=1S/C11H12N2O3/c1-15-7-3-4-8-9(11(14)16-2)6-13(12)10(8)5-7/h3-6H,12H2,1-2H3. The van der Waals surface area contributed by atoms with E-state index in [-0.39, 0.29) is 0 Å². The number of nitrogen functional groups attached to an aromatic ring is 1. The number of esters is 1. The van der Waals surface area contributed by atoms with E-state index in [0.29, 0.717) is 11.3 Å². The largest absolute Gasteiger partial charge is 0.497 e. The highest BCUT2D eigenvalue weighted by Crippen LogP contribution is 2.24. The van der Waals surface area contributed by atoms with Gasteiger partial charge in [0.05, 0.1) is 25.3 Å². The molecule has 0 unspecified atom stereocenters. The van der Waals surface area contributed by atoms with Crippen molar-refractivity contribution in [2.24, 2.45) is 0 Å². The first-order valence-electron chi connectivity index (χ1n) is 4.70. The van der Waals surface area contributed by atoms with Crippen molar-refractivity contribution in [3.8, 4) is 5.75 Å². The molecular formula is C11H12N2O3. The summed E-state index contributed by atoms with van der Waals surface area (Å²) in [5.41, 5.74) is 1.17. The summed E-state index contributed by atoms with van der Waals surface area (Å²) in [6.07, 6.45) is 1.54. The fraction of sp³-hybridized carbons (Fsp3) is 0.182. The lowest BCUT2D eigenvalue weighted by atomic mass is 10.2. The number of carbonyl (C=O) groups excluding carboxylic acids is 1. The number of ether oxygens (including phenoxy) is 2. The van der Waals surface area contributed by atoms with Crippen LogP contribution < -0.4 is 10.6 Å². The molecule has 2 N–H and O–H groups in total. The van der Waals surface area contributed by atoms with Gasteiger partial charge >= 0.3 is 5.97 Å². The molecule has 0 bridgehead atoms. The van der Waals surface area contributed by atoms with Crippen LogP contribution in [-0.2, 0) is 4.74 Å². The Hall–Kier alpha value is -2.17. The third-order valence-electron chi connectivity index (χ3n) is 2.45. The van der Waals surface area contributed by atoms with Crippen molar-refractivity contribution in [2.75, 3.05) is 20.1 Å². The maximum atomic E-state index is 11.5. The van der Waals surface area contributed by atoms with Gasteiger partial charge in [0.1, 0.15) is 5.75 Å². The number of hydrogen-bond acceptors (Lipinski definition) is 4. The number of aromatic nitrogens is 1. The maximum Gasteiger partial charge on any atom is 0.340 e. The summed E-state index contributed by atoms with van der Waals surface area (Å²) in [4.78, 5) is 11.5. The quantitative estimate of drug-likeness (QED) is 0.609. The molecule has 84 valence electrons. The van der Waals surface area contributed by atoms with Gasteiger partial charge in [-0.2, -0.15) is 0 Å². The van der Waals surface area contributed by atoms with Crippen LogP contribution in [0.1, 0.15) is 10.4 Å². The molecule has 0 radical (unpaired) electrons. The first-order valence-corrected chi connectivity index (χ1v) is 4.70. The molecule has 0 atom stereocenters. The van der Waals surface area contributed by atoms with Crippen LogP contribution >= 0.6 is 0 Å². The number of carbonyl (C=O) groups is 1. The fourth-order valence-corrected chi connectivity index (χ4v) is 1.63. The molecular weight excluding hydrogens is 208 g/mol. The molecule has 0 aliphatic carbocycles. The van der Waals surface area contributed by atoms with Gasteiger partial charge in [0.2, 0.25) is 0 Å². The van der Waals surface area contributed by atoms with E-state index in [1.807, 2.05) is 0 Å². The van der Waals surface area contributed by atoms with Crippen LogP contribution in [0.15, 0.2) is 24.4 Å². The molecule has 0 aliphatic heterocycles. The molecule has 0 amide bonds. The summed E-state index contributed by atoms with van der Waals surface area (Å²) >= 11 is 0. The number of nitrogens with two attached hydrogens (primary N) is 1. The molecule has 1 aromatic heterocycles. The number of hydrogen-bond donors (Lipinski definition) is 1. The molecule has 0 spiro atoms. The van der Waals surface area contributed by atoms with Crippen LogP contribution in [0.4, 0.5) is 0 Å². The maximum absolute atomic E-state index is 11.5. The van der Waals surface area contributed by atoms with Gasteiger partial charge in [0.25, 0.3) is 0 Å². The molecule has 2 aromatic rings. The van der Waals surface area contributed by atoms with E-state index < -0.39 is 5.97 Å². The molecule has 5 nitrogen and oxygen atoms in total. The van der Waals surface area contributed by atoms with E-state index in [4.69, 9.17) is 10.6 Å². The minimum atomic E-state index is -0.403. The Morgan fingerprint density at radius 2 is 2.12 bits per heavy atom. The highest BCUT2D eigenvalue weighted by molar-refractivity contribution is 6.04. The Morgan fingerprint density at radius 3 is 2.75 bits per heavy atom. The van der Waals surface area contributed by atoms with Crippen LogP contribution in [0, 0.1) is 0 Å². The second-order valence-electron chi connectivity index (χ2n) is 3.32. The van der Waals surface area contributed by atoms with E-state index >= 15 is 0 Å². The normalized spacial score (nSPS) is 10.4. The van der Waals surface area contributed by atoms with E-state index in [1.165, 1.54) is 18.0 Å². The number of rotatable bonds is 2. The smallest absolute Gasteiger partial charge is 0.340 e. The molecule has 2 rings (SSSR count). The molecule has 16 heavy (non-hydrogen) atoms. The van der Waals surface area contributed by atoms with Crippen LogP contribution in [-0.4, -0.2) is 24.9 Å². The van der Waals surface area contributed by atoms with Gasteiger partial charge in [0, 0.05) is 17.6 Å². The summed E-state index contributed by atoms with van der Waals surface area (Å²) in [5.74, 6) is 6.03. The van der Waals surface area contributed by atoms with E-state index in [2.05, 4.69) is 4.74 Å². The zero-order valence-electron chi connectivity index (χ0n) is 9.06. The summed E-state index contributed by atoms with van der Waals surface area (Å²) in [5, 5.41) is 0.746. The van der Waals surface area contributed by atoms with Crippen LogP contribution in [0.25, 0.3) is 10.9 Å². The average Bonchev–Trinajstić information content (AvgIpc) is 2.65.